The summed E-state index contributed by atoms with van der Waals surface area (Å²) in [7, 11) is -3.76. The Hall–Kier alpha value is -0.820. The molecule has 3 N–H and O–H groups in total. The number of nitrogens with zero attached hydrogens (tertiary/aromatic N) is 1. The van der Waals surface area contributed by atoms with Gasteiger partial charge in [0.1, 0.15) is 0 Å². The van der Waals surface area contributed by atoms with Crippen molar-refractivity contribution in [1.82, 2.24) is 9.03 Å². The van der Waals surface area contributed by atoms with E-state index in [9.17, 15) is 13.2 Å². The van der Waals surface area contributed by atoms with Crippen molar-refractivity contribution >= 4 is 16.2 Å². The normalized spacial score (nSPS) is 11.7. The molecule has 0 aliphatic carbocycles. The molecule has 0 atom stereocenters. The van der Waals surface area contributed by atoms with Gasteiger partial charge in [0.05, 0.1) is 0 Å². The summed E-state index contributed by atoms with van der Waals surface area (Å²) in [6, 6.07) is -1.04. The molecule has 0 aliphatic heterocycles. The number of nitrogens with one attached hydrogen (secondary N) is 1. The second-order valence-corrected chi connectivity index (χ2v) is 5.25. The minimum absolute atomic E-state index is 0.416. The van der Waals surface area contributed by atoms with Crippen LogP contribution >= 0.6 is 0 Å². The van der Waals surface area contributed by atoms with Crippen molar-refractivity contribution in [3.8, 4) is 0 Å². The molecule has 0 fully saturated rings. The van der Waals surface area contributed by atoms with Gasteiger partial charge in [-0.1, -0.05) is 26.7 Å². The molecule has 0 aliphatic rings. The van der Waals surface area contributed by atoms with Gasteiger partial charge in [0.15, 0.2) is 0 Å². The van der Waals surface area contributed by atoms with Gasteiger partial charge in [-0.25, -0.2) is 9.52 Å². The maximum absolute atomic E-state index is 11.7. The molecular weight excluding hydrogens is 230 g/mol. The summed E-state index contributed by atoms with van der Waals surface area (Å²) in [6.07, 6.45) is 3.33. The Bertz CT molecular complexity index is 295. The molecular formula is C9H21N3O3S. The van der Waals surface area contributed by atoms with E-state index < -0.39 is 16.2 Å². The van der Waals surface area contributed by atoms with Crippen LogP contribution in [0.25, 0.3) is 0 Å². The smallest absolute Gasteiger partial charge is 0.326 e. The van der Waals surface area contributed by atoms with E-state index in [1.54, 1.807) is 4.72 Å². The zero-order chi connectivity index (χ0) is 12.6. The number of hydrogen-bond acceptors (Lipinski definition) is 3. The van der Waals surface area contributed by atoms with E-state index in [0.29, 0.717) is 13.1 Å². The quantitative estimate of drug-likeness (QED) is 0.668. The lowest BCUT2D eigenvalue weighted by atomic mass is 10.3. The van der Waals surface area contributed by atoms with E-state index in [-0.39, 0.29) is 0 Å². The average molecular weight is 251 g/mol. The van der Waals surface area contributed by atoms with E-state index >= 15 is 0 Å². The lowest BCUT2D eigenvalue weighted by molar-refractivity contribution is 0.252. The van der Waals surface area contributed by atoms with Crippen molar-refractivity contribution in [2.75, 3.05) is 13.1 Å². The van der Waals surface area contributed by atoms with Crippen LogP contribution in [0.2, 0.25) is 0 Å². The van der Waals surface area contributed by atoms with Crippen molar-refractivity contribution in [2.45, 2.75) is 39.5 Å². The Morgan fingerprint density at radius 1 is 1.19 bits per heavy atom. The zero-order valence-electron chi connectivity index (χ0n) is 9.90. The van der Waals surface area contributed by atoms with Crippen LogP contribution in [0, 0.1) is 0 Å². The van der Waals surface area contributed by atoms with Crippen molar-refractivity contribution in [1.29, 1.82) is 0 Å². The molecule has 0 heterocycles. The monoisotopic (exact) mass is 251 g/mol. The van der Waals surface area contributed by atoms with Gasteiger partial charge in [-0.2, -0.15) is 12.7 Å². The SMILES string of the molecule is CCCCN(CCCC)S(=O)(=O)NC(N)=O. The first-order valence-electron chi connectivity index (χ1n) is 5.51. The summed E-state index contributed by atoms with van der Waals surface area (Å²) in [6.45, 7) is 4.79. The molecule has 2 amide bonds. The maximum Gasteiger partial charge on any atom is 0.326 e. The number of hydrogen-bond donors (Lipinski definition) is 2. The topological polar surface area (TPSA) is 92.5 Å². The third-order valence-electron chi connectivity index (χ3n) is 2.09. The van der Waals surface area contributed by atoms with Crippen LogP contribution in [0.3, 0.4) is 0 Å². The molecule has 0 aromatic rings. The van der Waals surface area contributed by atoms with E-state index in [4.69, 9.17) is 5.73 Å². The largest absolute Gasteiger partial charge is 0.351 e. The van der Waals surface area contributed by atoms with Crippen molar-refractivity contribution in [2.24, 2.45) is 5.73 Å². The van der Waals surface area contributed by atoms with E-state index in [1.807, 2.05) is 13.8 Å². The molecule has 0 radical (unpaired) electrons. The highest BCUT2D eigenvalue weighted by atomic mass is 32.2. The fourth-order valence-electron chi connectivity index (χ4n) is 1.21. The number of amides is 2. The van der Waals surface area contributed by atoms with Gasteiger partial charge in [0.2, 0.25) is 0 Å². The van der Waals surface area contributed by atoms with Gasteiger partial charge in [-0.05, 0) is 12.8 Å². The molecule has 0 rings (SSSR count). The number of carbonyl (C=O) groups excluding carboxylic acids is 1. The van der Waals surface area contributed by atoms with Gasteiger partial charge < -0.3 is 5.73 Å². The number of unbranched alkanes of at least 4 members (excludes halogenated alkanes) is 2. The standard InChI is InChI=1S/C9H21N3O3S/c1-3-5-7-12(8-6-4-2)16(14,15)11-9(10)13/h3-8H2,1-2H3,(H3,10,11,13). The first-order chi connectivity index (χ1) is 7.44. The van der Waals surface area contributed by atoms with Crippen LogP contribution in [0.5, 0.6) is 0 Å². The molecule has 6 nitrogen and oxygen atoms in total. The average Bonchev–Trinajstić information content (AvgIpc) is 2.15. The Morgan fingerprint density at radius 2 is 1.62 bits per heavy atom. The van der Waals surface area contributed by atoms with Crippen LogP contribution in [0.1, 0.15) is 39.5 Å². The van der Waals surface area contributed by atoms with Gasteiger partial charge in [0.25, 0.3) is 0 Å². The fourth-order valence-corrected chi connectivity index (χ4v) is 2.34. The fraction of sp³-hybridized carbons (Fsp3) is 0.889. The zero-order valence-corrected chi connectivity index (χ0v) is 10.7. The van der Waals surface area contributed by atoms with Crippen molar-refractivity contribution < 1.29 is 13.2 Å². The molecule has 0 aromatic carbocycles. The predicted molar refractivity (Wildman–Crippen MR) is 63.0 cm³/mol. The van der Waals surface area contributed by atoms with Crippen molar-refractivity contribution in [3.05, 3.63) is 0 Å². The van der Waals surface area contributed by atoms with Crippen LogP contribution in [-0.2, 0) is 10.2 Å². The number of carbonyl (C=O) groups is 1. The van der Waals surface area contributed by atoms with Gasteiger partial charge in [-0.3, -0.25) is 0 Å². The number of nitrogens with two attached hydrogens (primary N) is 1. The summed E-state index contributed by atoms with van der Waals surface area (Å²) in [5.74, 6) is 0. The minimum Gasteiger partial charge on any atom is -0.351 e. The first-order valence-corrected chi connectivity index (χ1v) is 6.95. The molecule has 0 spiro atoms. The molecule has 96 valence electrons. The molecule has 0 saturated carbocycles. The number of primary amides is 1. The Kier molecular flexibility index (Phi) is 7.07. The van der Waals surface area contributed by atoms with Crippen LogP contribution in [0.15, 0.2) is 0 Å². The molecule has 16 heavy (non-hydrogen) atoms. The second kappa shape index (κ2) is 7.45. The summed E-state index contributed by atoms with van der Waals surface area (Å²) in [4.78, 5) is 10.6. The maximum atomic E-state index is 11.7. The van der Waals surface area contributed by atoms with Gasteiger partial charge >= 0.3 is 16.2 Å². The molecule has 0 unspecified atom stereocenters. The number of urea groups is 1. The van der Waals surface area contributed by atoms with Crippen LogP contribution < -0.4 is 10.5 Å². The summed E-state index contributed by atoms with van der Waals surface area (Å²) in [5, 5.41) is 0. The van der Waals surface area contributed by atoms with Gasteiger partial charge in [-0.15, -0.1) is 0 Å². The summed E-state index contributed by atoms with van der Waals surface area (Å²) in [5.41, 5.74) is 4.82. The highest BCUT2D eigenvalue weighted by Gasteiger charge is 2.21. The third kappa shape index (κ3) is 5.92. The van der Waals surface area contributed by atoms with E-state index in [1.165, 1.54) is 4.31 Å². The highest BCUT2D eigenvalue weighted by molar-refractivity contribution is 7.87. The van der Waals surface area contributed by atoms with E-state index in [2.05, 4.69) is 0 Å². The lowest BCUT2D eigenvalue weighted by Crippen LogP contribution is -2.46. The Balaban J connectivity index is 4.51. The summed E-state index contributed by atoms with van der Waals surface area (Å²) < 4.78 is 26.4. The Labute approximate surface area is 97.4 Å². The van der Waals surface area contributed by atoms with Gasteiger partial charge in [0, 0.05) is 13.1 Å². The highest BCUT2D eigenvalue weighted by Crippen LogP contribution is 2.04. The van der Waals surface area contributed by atoms with Crippen LogP contribution in [-0.4, -0.2) is 31.8 Å². The summed E-state index contributed by atoms with van der Waals surface area (Å²) >= 11 is 0. The third-order valence-corrected chi connectivity index (χ3v) is 3.60. The number of rotatable bonds is 8. The molecule has 0 aromatic heterocycles. The molecule has 7 heteroatoms. The molecule has 0 saturated heterocycles. The minimum atomic E-state index is -3.76. The van der Waals surface area contributed by atoms with E-state index in [0.717, 1.165) is 25.7 Å². The molecule has 0 bridgehead atoms. The predicted octanol–water partition coefficient (Wildman–Crippen LogP) is 0.802. The van der Waals surface area contributed by atoms with Crippen LogP contribution in [0.4, 0.5) is 4.79 Å². The first kappa shape index (κ1) is 15.2. The Morgan fingerprint density at radius 3 is 1.94 bits per heavy atom. The second-order valence-electron chi connectivity index (χ2n) is 3.58. The van der Waals surface area contributed by atoms with Crippen molar-refractivity contribution in [3.63, 3.8) is 0 Å². The lowest BCUT2D eigenvalue weighted by Gasteiger charge is -2.21.